The maximum absolute atomic E-state index is 13.2. The van der Waals surface area contributed by atoms with Crippen molar-refractivity contribution in [3.63, 3.8) is 0 Å². The molecule has 34 heavy (non-hydrogen) atoms. The van der Waals surface area contributed by atoms with Gasteiger partial charge in [-0.05, 0) is 61.5 Å². The summed E-state index contributed by atoms with van der Waals surface area (Å²) in [6.07, 6.45) is 0. The van der Waals surface area contributed by atoms with Crippen molar-refractivity contribution in [2.45, 2.75) is 11.8 Å². The van der Waals surface area contributed by atoms with Crippen molar-refractivity contribution in [2.75, 3.05) is 36.4 Å². The van der Waals surface area contributed by atoms with Crippen LogP contribution in [0.25, 0.3) is 0 Å². The van der Waals surface area contributed by atoms with E-state index in [9.17, 15) is 22.4 Å². The largest absolute Gasteiger partial charge is 0.369 e. The number of hydrogen-bond donors (Lipinski definition) is 1. The number of nitrogens with zero attached hydrogens (tertiary/aromatic N) is 2. The maximum atomic E-state index is 13.2. The van der Waals surface area contributed by atoms with Gasteiger partial charge in [-0.3, -0.25) is 9.59 Å². The topological polar surface area (TPSA) is 86.8 Å². The number of piperazine rings is 1. The number of ketones is 1. The second kappa shape index (κ2) is 9.74. The van der Waals surface area contributed by atoms with Crippen LogP contribution < -0.4 is 10.2 Å². The molecular formula is C25H24FN3O4S. The van der Waals surface area contributed by atoms with E-state index in [0.717, 1.165) is 5.69 Å². The maximum Gasteiger partial charge on any atom is 0.255 e. The van der Waals surface area contributed by atoms with Gasteiger partial charge in [-0.2, -0.15) is 4.31 Å². The molecule has 1 aliphatic rings. The normalized spacial score (nSPS) is 14.6. The zero-order valence-corrected chi connectivity index (χ0v) is 19.4. The van der Waals surface area contributed by atoms with E-state index in [1.54, 1.807) is 36.4 Å². The van der Waals surface area contributed by atoms with Crippen LogP contribution in [0.3, 0.4) is 0 Å². The van der Waals surface area contributed by atoms with Gasteiger partial charge >= 0.3 is 0 Å². The molecule has 4 rings (SSSR count). The molecule has 7 nitrogen and oxygen atoms in total. The van der Waals surface area contributed by atoms with Crippen LogP contribution in [0.2, 0.25) is 0 Å². The van der Waals surface area contributed by atoms with Crippen molar-refractivity contribution in [1.82, 2.24) is 4.31 Å². The third-order valence-corrected chi connectivity index (χ3v) is 7.59. The number of rotatable bonds is 6. The van der Waals surface area contributed by atoms with Crippen LogP contribution in [0.1, 0.15) is 27.6 Å². The van der Waals surface area contributed by atoms with Crippen molar-refractivity contribution in [2.24, 2.45) is 0 Å². The number of Topliss-reactive ketones (excluding diaryl/α,β-unsaturated/α-hetero) is 1. The first kappa shape index (κ1) is 23.6. The summed E-state index contributed by atoms with van der Waals surface area (Å²) in [7, 11) is -3.80. The van der Waals surface area contributed by atoms with Gasteiger partial charge in [0.1, 0.15) is 5.82 Å². The first-order valence-electron chi connectivity index (χ1n) is 10.8. The Morgan fingerprint density at radius 3 is 2.18 bits per heavy atom. The Morgan fingerprint density at radius 1 is 0.853 bits per heavy atom. The van der Waals surface area contributed by atoms with E-state index < -0.39 is 15.9 Å². The first-order chi connectivity index (χ1) is 16.2. The number of nitrogens with one attached hydrogen (secondary N) is 1. The fourth-order valence-corrected chi connectivity index (χ4v) is 5.27. The van der Waals surface area contributed by atoms with Gasteiger partial charge in [0, 0.05) is 48.7 Å². The molecule has 1 amide bonds. The van der Waals surface area contributed by atoms with Crippen molar-refractivity contribution in [3.05, 3.63) is 89.7 Å². The fraction of sp³-hybridized carbons (Fsp3) is 0.200. The van der Waals surface area contributed by atoms with Crippen molar-refractivity contribution in [1.29, 1.82) is 0 Å². The van der Waals surface area contributed by atoms with E-state index in [1.165, 1.54) is 47.6 Å². The molecule has 3 aromatic rings. The third-order valence-electron chi connectivity index (χ3n) is 5.69. The summed E-state index contributed by atoms with van der Waals surface area (Å²) < 4.78 is 41.0. The number of carbonyl (C=O) groups is 2. The zero-order valence-electron chi connectivity index (χ0n) is 18.6. The Balaban J connectivity index is 1.46. The molecule has 176 valence electrons. The third kappa shape index (κ3) is 5.16. The van der Waals surface area contributed by atoms with E-state index in [0.29, 0.717) is 24.3 Å². The van der Waals surface area contributed by atoms with Crippen LogP contribution in [0.4, 0.5) is 15.8 Å². The lowest BCUT2D eigenvalue weighted by molar-refractivity contribution is 0.101. The van der Waals surface area contributed by atoms with Gasteiger partial charge in [-0.1, -0.05) is 18.2 Å². The lowest BCUT2D eigenvalue weighted by Crippen LogP contribution is -2.48. The smallest absolute Gasteiger partial charge is 0.255 e. The summed E-state index contributed by atoms with van der Waals surface area (Å²) in [5.74, 6) is -0.914. The number of benzene rings is 3. The molecule has 3 aromatic carbocycles. The van der Waals surface area contributed by atoms with Gasteiger partial charge in [0.15, 0.2) is 5.78 Å². The van der Waals surface area contributed by atoms with Gasteiger partial charge in [-0.15, -0.1) is 0 Å². The Hall–Kier alpha value is -3.56. The van der Waals surface area contributed by atoms with Crippen molar-refractivity contribution >= 4 is 33.1 Å². The number of hydrogen-bond acceptors (Lipinski definition) is 5. The molecular weight excluding hydrogens is 457 g/mol. The highest BCUT2D eigenvalue weighted by molar-refractivity contribution is 7.89. The van der Waals surface area contributed by atoms with E-state index in [2.05, 4.69) is 5.32 Å². The van der Waals surface area contributed by atoms with Gasteiger partial charge < -0.3 is 10.2 Å². The van der Waals surface area contributed by atoms with Gasteiger partial charge in [0.25, 0.3) is 5.91 Å². The summed E-state index contributed by atoms with van der Waals surface area (Å²) in [6.45, 7) is 2.92. The van der Waals surface area contributed by atoms with Crippen LogP contribution in [-0.4, -0.2) is 50.6 Å². The SMILES string of the molecule is CC(=O)c1cccc(NC(=O)c2cccc(S(=O)(=O)N3CCN(c4ccc(F)cc4)CC3)c2)c1. The van der Waals surface area contributed by atoms with Crippen LogP contribution in [0, 0.1) is 5.82 Å². The Labute approximate surface area is 197 Å². The fourth-order valence-electron chi connectivity index (χ4n) is 3.80. The molecule has 1 aliphatic heterocycles. The standard InChI is InChI=1S/C25H24FN3O4S/c1-18(30)19-4-2-6-22(16-19)27-25(31)20-5-3-7-24(17-20)34(32,33)29-14-12-28(13-15-29)23-10-8-21(26)9-11-23/h2-11,16-17H,12-15H2,1H3,(H,27,31). The Kier molecular flexibility index (Phi) is 6.76. The number of amides is 1. The summed E-state index contributed by atoms with van der Waals surface area (Å²) >= 11 is 0. The minimum atomic E-state index is -3.80. The molecule has 0 spiro atoms. The van der Waals surface area contributed by atoms with E-state index in [-0.39, 0.29) is 35.1 Å². The predicted octanol–water partition coefficient (Wildman–Crippen LogP) is 3.79. The Bertz CT molecular complexity index is 1320. The molecule has 0 atom stereocenters. The van der Waals surface area contributed by atoms with E-state index >= 15 is 0 Å². The molecule has 1 saturated heterocycles. The van der Waals surface area contributed by atoms with Crippen molar-refractivity contribution < 1.29 is 22.4 Å². The second-order valence-electron chi connectivity index (χ2n) is 7.99. The monoisotopic (exact) mass is 481 g/mol. The highest BCUT2D eigenvalue weighted by atomic mass is 32.2. The number of sulfonamides is 1. The average Bonchev–Trinajstić information content (AvgIpc) is 2.85. The van der Waals surface area contributed by atoms with Crippen LogP contribution in [0.15, 0.2) is 77.7 Å². The molecule has 0 aromatic heterocycles. The minimum Gasteiger partial charge on any atom is -0.369 e. The molecule has 1 fully saturated rings. The number of anilines is 2. The molecule has 1 heterocycles. The van der Waals surface area contributed by atoms with E-state index in [4.69, 9.17) is 0 Å². The molecule has 0 radical (unpaired) electrons. The summed E-state index contributed by atoms with van der Waals surface area (Å²) in [5, 5.41) is 2.71. The van der Waals surface area contributed by atoms with Crippen molar-refractivity contribution in [3.8, 4) is 0 Å². The zero-order chi connectivity index (χ0) is 24.3. The lowest BCUT2D eigenvalue weighted by Gasteiger charge is -2.35. The first-order valence-corrected chi connectivity index (χ1v) is 12.2. The van der Waals surface area contributed by atoms with Gasteiger partial charge in [0.05, 0.1) is 4.90 Å². The minimum absolute atomic E-state index is 0.0351. The lowest BCUT2D eigenvalue weighted by atomic mass is 10.1. The van der Waals surface area contributed by atoms with E-state index in [1.807, 2.05) is 4.90 Å². The quantitative estimate of drug-likeness (QED) is 0.542. The average molecular weight is 482 g/mol. The second-order valence-corrected chi connectivity index (χ2v) is 9.92. The highest BCUT2D eigenvalue weighted by Crippen LogP contribution is 2.23. The van der Waals surface area contributed by atoms with Gasteiger partial charge in [0.2, 0.25) is 10.0 Å². The molecule has 0 aliphatic carbocycles. The molecule has 0 saturated carbocycles. The summed E-state index contributed by atoms with van der Waals surface area (Å²) in [4.78, 5) is 26.3. The summed E-state index contributed by atoms with van der Waals surface area (Å²) in [6, 6.07) is 18.5. The van der Waals surface area contributed by atoms with Crippen LogP contribution in [0.5, 0.6) is 0 Å². The van der Waals surface area contributed by atoms with Crippen LogP contribution >= 0.6 is 0 Å². The van der Waals surface area contributed by atoms with Crippen LogP contribution in [-0.2, 0) is 10.0 Å². The Morgan fingerprint density at radius 2 is 1.50 bits per heavy atom. The number of halogens is 1. The molecule has 0 unspecified atom stereocenters. The summed E-state index contributed by atoms with van der Waals surface area (Å²) in [5.41, 5.74) is 1.95. The number of carbonyl (C=O) groups excluding carboxylic acids is 2. The molecule has 1 N–H and O–H groups in total. The molecule has 0 bridgehead atoms. The highest BCUT2D eigenvalue weighted by Gasteiger charge is 2.29. The predicted molar refractivity (Wildman–Crippen MR) is 128 cm³/mol. The van der Waals surface area contributed by atoms with Gasteiger partial charge in [-0.25, -0.2) is 12.8 Å². The molecule has 9 heteroatoms.